The predicted octanol–water partition coefficient (Wildman–Crippen LogP) is -1.10. The number of ether oxygens (including phenoxy) is 2. The first-order valence-corrected chi connectivity index (χ1v) is 10.2. The Bertz CT molecular complexity index is 768. The van der Waals surface area contributed by atoms with Crippen molar-refractivity contribution in [2.45, 2.75) is 36.3 Å². The first-order chi connectivity index (χ1) is 13.1. The van der Waals surface area contributed by atoms with Gasteiger partial charge in [0.1, 0.15) is 40.6 Å². The Kier molecular flexibility index (Phi) is 8.03. The van der Waals surface area contributed by atoms with Crippen molar-refractivity contribution < 1.29 is 47.2 Å². The maximum Gasteiger partial charge on any atom is 0.466 e. The monoisotopic (exact) mass is 439 g/mol. The Hall–Kier alpha value is -1.45. The molecule has 158 valence electrons. The van der Waals surface area contributed by atoms with Gasteiger partial charge < -0.3 is 29.9 Å². The van der Waals surface area contributed by atoms with Crippen LogP contribution in [0.25, 0.3) is 0 Å². The van der Waals surface area contributed by atoms with Crippen LogP contribution < -0.4 is 4.74 Å². The summed E-state index contributed by atoms with van der Waals surface area (Å²) in [5.41, 5.74) is -0.534. The molecule has 0 unspecified atom stereocenters. The van der Waals surface area contributed by atoms with E-state index in [9.17, 15) is 28.8 Å². The van der Waals surface area contributed by atoms with Gasteiger partial charge in [0.05, 0.1) is 13.7 Å². The van der Waals surface area contributed by atoms with Gasteiger partial charge in [-0.2, -0.15) is 8.42 Å². The zero-order valence-electron chi connectivity index (χ0n) is 14.7. The minimum atomic E-state index is -4.86. The highest BCUT2D eigenvalue weighted by atomic mass is 32.3. The van der Waals surface area contributed by atoms with Crippen LogP contribution in [-0.2, 0) is 25.8 Å². The molecule has 0 saturated carbocycles. The van der Waals surface area contributed by atoms with Crippen LogP contribution in [0, 0.1) is 0 Å². The van der Waals surface area contributed by atoms with Crippen LogP contribution in [0.3, 0.4) is 0 Å². The Labute approximate surface area is 165 Å². The number of methoxy groups -OCH3 is 1. The van der Waals surface area contributed by atoms with E-state index in [2.05, 4.69) is 9.44 Å². The molecule has 1 aromatic carbocycles. The van der Waals surface area contributed by atoms with Crippen molar-refractivity contribution in [3.63, 3.8) is 0 Å². The van der Waals surface area contributed by atoms with Crippen LogP contribution >= 0.6 is 11.8 Å². The van der Waals surface area contributed by atoms with E-state index in [0.29, 0.717) is 23.1 Å². The average Bonchev–Trinajstić information content (AvgIpc) is 2.66. The van der Waals surface area contributed by atoms with Gasteiger partial charge in [0.2, 0.25) is 0 Å². The number of thioether (sulfide) groups is 1. The molecule has 13 heteroatoms. The normalized spacial score (nSPS) is 28.8. The van der Waals surface area contributed by atoms with E-state index in [1.54, 1.807) is 24.3 Å². The number of aliphatic hydroxyl groups is 4. The molecule has 0 aromatic heterocycles. The quantitative estimate of drug-likeness (QED) is 0.151. The topological polar surface area (TPSA) is 175 Å². The molecular formula is C15H21NO10S2. The van der Waals surface area contributed by atoms with Gasteiger partial charge in [-0.25, -0.2) is 4.28 Å². The number of aliphatic hydroxyl groups excluding tert-OH is 4. The summed E-state index contributed by atoms with van der Waals surface area (Å²) in [5, 5.41) is 42.4. The zero-order chi connectivity index (χ0) is 20.9. The van der Waals surface area contributed by atoms with Crippen molar-refractivity contribution in [1.82, 2.24) is 0 Å². The van der Waals surface area contributed by atoms with E-state index in [4.69, 9.17) is 14.0 Å². The molecule has 0 bridgehead atoms. The first kappa shape index (κ1) is 22.8. The minimum Gasteiger partial charge on any atom is -0.497 e. The van der Waals surface area contributed by atoms with Gasteiger partial charge in [-0.05, 0) is 17.7 Å². The molecule has 0 aliphatic carbocycles. The van der Waals surface area contributed by atoms with E-state index >= 15 is 0 Å². The highest BCUT2D eigenvalue weighted by Crippen LogP contribution is 2.30. The fraction of sp³-hybridized carbons (Fsp3) is 0.533. The van der Waals surface area contributed by atoms with E-state index in [1.165, 1.54) is 7.11 Å². The number of oxime groups is 1. The van der Waals surface area contributed by atoms with Crippen LogP contribution in [0.4, 0.5) is 0 Å². The van der Waals surface area contributed by atoms with Crippen molar-refractivity contribution in [3.05, 3.63) is 29.8 Å². The van der Waals surface area contributed by atoms with Crippen molar-refractivity contribution in [2.24, 2.45) is 5.16 Å². The summed E-state index contributed by atoms with van der Waals surface area (Å²) in [7, 11) is -3.37. The SMILES string of the molecule is COc1ccc(CC(=NOS(=O)(=O)O)S[C@@H]2O[C@H](CO)[C@@H](O)[C@H](O)[C@H]2O)cc1. The molecule has 1 heterocycles. The Morgan fingerprint density at radius 1 is 1.18 bits per heavy atom. The lowest BCUT2D eigenvalue weighted by molar-refractivity contribution is -0.205. The number of nitrogens with zero attached hydrogens (tertiary/aromatic N) is 1. The Balaban J connectivity index is 2.20. The second-order valence-corrected chi connectivity index (χ2v) is 8.00. The van der Waals surface area contributed by atoms with Crippen molar-refractivity contribution >= 4 is 27.2 Å². The maximum absolute atomic E-state index is 10.8. The van der Waals surface area contributed by atoms with Crippen LogP contribution in [-0.4, -0.2) is 82.0 Å². The lowest BCUT2D eigenvalue weighted by Gasteiger charge is -2.39. The zero-order valence-corrected chi connectivity index (χ0v) is 16.3. The van der Waals surface area contributed by atoms with Gasteiger partial charge in [-0.1, -0.05) is 29.1 Å². The fourth-order valence-corrected chi connectivity index (χ4v) is 3.73. The summed E-state index contributed by atoms with van der Waals surface area (Å²) in [6.45, 7) is -0.617. The van der Waals surface area contributed by atoms with E-state index < -0.39 is 46.9 Å². The highest BCUT2D eigenvalue weighted by molar-refractivity contribution is 8.14. The van der Waals surface area contributed by atoms with Crippen molar-refractivity contribution in [2.75, 3.05) is 13.7 Å². The minimum absolute atomic E-state index is 0.0212. The van der Waals surface area contributed by atoms with Gasteiger partial charge in [0, 0.05) is 6.42 Å². The molecule has 0 radical (unpaired) electrons. The molecule has 1 aliphatic heterocycles. The van der Waals surface area contributed by atoms with Crippen LogP contribution in [0.5, 0.6) is 5.75 Å². The lowest BCUT2D eigenvalue weighted by Crippen LogP contribution is -2.57. The van der Waals surface area contributed by atoms with Gasteiger partial charge in [0.15, 0.2) is 0 Å². The van der Waals surface area contributed by atoms with Crippen molar-refractivity contribution in [1.29, 1.82) is 0 Å². The van der Waals surface area contributed by atoms with E-state index in [0.717, 1.165) is 0 Å². The Morgan fingerprint density at radius 2 is 1.82 bits per heavy atom. The van der Waals surface area contributed by atoms with Gasteiger partial charge in [0.25, 0.3) is 0 Å². The summed E-state index contributed by atoms with van der Waals surface area (Å²) >= 11 is 0.708. The number of rotatable bonds is 7. The smallest absolute Gasteiger partial charge is 0.466 e. The number of hydrogen-bond acceptors (Lipinski definition) is 11. The van der Waals surface area contributed by atoms with Crippen LogP contribution in [0.1, 0.15) is 5.56 Å². The molecule has 0 amide bonds. The summed E-state index contributed by atoms with van der Waals surface area (Å²) in [6, 6.07) is 6.68. The van der Waals surface area contributed by atoms with Gasteiger partial charge >= 0.3 is 10.4 Å². The third kappa shape index (κ3) is 6.28. The predicted molar refractivity (Wildman–Crippen MR) is 98.1 cm³/mol. The second kappa shape index (κ2) is 9.84. The molecule has 5 N–H and O–H groups in total. The first-order valence-electron chi connectivity index (χ1n) is 7.97. The number of hydrogen-bond donors (Lipinski definition) is 5. The largest absolute Gasteiger partial charge is 0.497 e. The van der Waals surface area contributed by atoms with E-state index in [1.807, 2.05) is 0 Å². The molecule has 1 saturated heterocycles. The third-order valence-corrected chi connectivity index (χ3v) is 5.22. The summed E-state index contributed by atoms with van der Waals surface area (Å²) in [4.78, 5) is 0. The average molecular weight is 439 g/mol. The molecule has 2 rings (SSSR count). The fourth-order valence-electron chi connectivity index (χ4n) is 2.40. The standard InChI is InChI=1S/C15H21NO10S2/c1-24-9-4-2-8(3-5-9)6-11(16-26-28(21,22)23)27-15-14(20)13(19)12(18)10(7-17)25-15/h2-5,10,12-15,17-20H,6-7H2,1H3,(H,21,22,23)/t10-,12-,13+,14-,15+/m1/s1. The molecule has 1 aromatic rings. The summed E-state index contributed by atoms with van der Waals surface area (Å²) in [6.07, 6.45) is -5.81. The molecule has 28 heavy (non-hydrogen) atoms. The van der Waals surface area contributed by atoms with Gasteiger partial charge in [-0.15, -0.1) is 0 Å². The second-order valence-electron chi connectivity index (χ2n) is 5.83. The summed E-state index contributed by atoms with van der Waals surface area (Å²) in [5.74, 6) is 0.595. The molecule has 1 aliphatic rings. The van der Waals surface area contributed by atoms with Crippen LogP contribution in [0.15, 0.2) is 29.4 Å². The Morgan fingerprint density at radius 3 is 2.36 bits per heavy atom. The highest BCUT2D eigenvalue weighted by Gasteiger charge is 2.44. The molecule has 11 nitrogen and oxygen atoms in total. The molecule has 5 atom stereocenters. The van der Waals surface area contributed by atoms with Crippen molar-refractivity contribution in [3.8, 4) is 5.75 Å². The van der Waals surface area contributed by atoms with E-state index in [-0.39, 0.29) is 11.5 Å². The van der Waals surface area contributed by atoms with Crippen LogP contribution in [0.2, 0.25) is 0 Å². The maximum atomic E-state index is 10.8. The molecule has 0 spiro atoms. The number of benzene rings is 1. The third-order valence-electron chi connectivity index (χ3n) is 3.85. The lowest BCUT2D eigenvalue weighted by atomic mass is 10.0. The summed E-state index contributed by atoms with van der Waals surface area (Å²) < 4.78 is 44.9. The molecular weight excluding hydrogens is 418 g/mol. The van der Waals surface area contributed by atoms with Gasteiger partial charge in [-0.3, -0.25) is 4.55 Å². The molecule has 1 fully saturated rings.